The van der Waals surface area contributed by atoms with Crippen molar-refractivity contribution in [2.24, 2.45) is 5.41 Å². The number of carbonyl (C=O) groups excluding carboxylic acids is 2. The summed E-state index contributed by atoms with van der Waals surface area (Å²) in [5.74, 6) is -0.0324. The Kier molecular flexibility index (Phi) is 5.02. The van der Waals surface area contributed by atoms with Crippen molar-refractivity contribution in [3.8, 4) is 0 Å². The molecule has 27 heavy (non-hydrogen) atoms. The number of rotatable bonds is 5. The molecule has 1 unspecified atom stereocenters. The molecule has 1 aromatic carbocycles. The van der Waals surface area contributed by atoms with Crippen LogP contribution < -0.4 is 10.6 Å². The van der Waals surface area contributed by atoms with E-state index in [0.717, 1.165) is 32.4 Å². The summed E-state index contributed by atoms with van der Waals surface area (Å²) in [6, 6.07) is 9.64. The Morgan fingerprint density at radius 2 is 1.96 bits per heavy atom. The number of carbonyl (C=O) groups is 2. The molecule has 4 rings (SSSR count). The van der Waals surface area contributed by atoms with Gasteiger partial charge in [0.05, 0.1) is 0 Å². The molecular weight excluding hydrogens is 358 g/mol. The van der Waals surface area contributed by atoms with Crippen molar-refractivity contribution in [2.45, 2.75) is 38.8 Å². The molecular formula is C21H25N3O2S. The highest BCUT2D eigenvalue weighted by atomic mass is 32.1. The first-order valence-corrected chi connectivity index (χ1v) is 10.4. The van der Waals surface area contributed by atoms with Gasteiger partial charge in [-0.15, -0.1) is 0 Å². The zero-order valence-electron chi connectivity index (χ0n) is 15.5. The number of hydrogen-bond donors (Lipinski definition) is 2. The maximum atomic E-state index is 13.3. The molecule has 2 heterocycles. The van der Waals surface area contributed by atoms with Gasteiger partial charge in [-0.25, -0.2) is 0 Å². The van der Waals surface area contributed by atoms with Gasteiger partial charge in [0.15, 0.2) is 0 Å². The first-order chi connectivity index (χ1) is 13.1. The molecule has 1 spiro atoms. The lowest BCUT2D eigenvalue weighted by Gasteiger charge is -2.29. The second-order valence-electron chi connectivity index (χ2n) is 7.66. The van der Waals surface area contributed by atoms with Crippen LogP contribution in [0.4, 0.5) is 5.69 Å². The third kappa shape index (κ3) is 3.92. The lowest BCUT2D eigenvalue weighted by molar-refractivity contribution is -0.114. The van der Waals surface area contributed by atoms with E-state index in [4.69, 9.17) is 0 Å². The van der Waals surface area contributed by atoms with Crippen LogP contribution in [0.1, 0.15) is 42.1 Å². The zero-order valence-corrected chi connectivity index (χ0v) is 16.3. The van der Waals surface area contributed by atoms with E-state index in [1.165, 1.54) is 12.5 Å². The molecule has 2 aliphatic rings. The van der Waals surface area contributed by atoms with E-state index in [1.54, 1.807) is 23.5 Å². The largest absolute Gasteiger partial charge is 0.331 e. The number of hydrogen-bond acceptors (Lipinski definition) is 4. The number of nitrogens with one attached hydrogen (secondary N) is 2. The van der Waals surface area contributed by atoms with Crippen LogP contribution in [-0.2, 0) is 11.3 Å². The fraction of sp³-hybridized carbons (Fsp3) is 0.429. The van der Waals surface area contributed by atoms with Gasteiger partial charge < -0.3 is 15.5 Å². The minimum atomic E-state index is -0.112. The summed E-state index contributed by atoms with van der Waals surface area (Å²) in [5.41, 5.74) is 2.88. The van der Waals surface area contributed by atoms with Gasteiger partial charge in [0.2, 0.25) is 5.91 Å². The Morgan fingerprint density at radius 1 is 1.22 bits per heavy atom. The minimum Gasteiger partial charge on any atom is -0.331 e. The van der Waals surface area contributed by atoms with Crippen LogP contribution in [0.25, 0.3) is 0 Å². The van der Waals surface area contributed by atoms with E-state index < -0.39 is 0 Å². The molecule has 0 bridgehead atoms. The normalized spacial score (nSPS) is 20.3. The van der Waals surface area contributed by atoms with Crippen LogP contribution in [0, 0.1) is 5.41 Å². The van der Waals surface area contributed by atoms with E-state index in [1.807, 2.05) is 12.1 Å². The van der Waals surface area contributed by atoms with Crippen LogP contribution in [0.3, 0.4) is 0 Å². The van der Waals surface area contributed by atoms with Gasteiger partial charge in [-0.2, -0.15) is 11.3 Å². The van der Waals surface area contributed by atoms with Crippen LogP contribution in [0.5, 0.6) is 0 Å². The van der Waals surface area contributed by atoms with Gasteiger partial charge in [-0.3, -0.25) is 9.59 Å². The predicted octanol–water partition coefficient (Wildman–Crippen LogP) is 3.49. The number of nitrogens with zero attached hydrogens (tertiary/aromatic N) is 1. The fourth-order valence-electron chi connectivity index (χ4n) is 4.20. The molecule has 2 amide bonds. The number of amides is 2. The summed E-state index contributed by atoms with van der Waals surface area (Å²) in [6.45, 7) is 4.23. The Balaban J connectivity index is 1.54. The van der Waals surface area contributed by atoms with E-state index in [0.29, 0.717) is 29.3 Å². The second-order valence-corrected chi connectivity index (χ2v) is 8.44. The average molecular weight is 384 g/mol. The lowest BCUT2D eigenvalue weighted by atomic mass is 9.93. The predicted molar refractivity (Wildman–Crippen MR) is 108 cm³/mol. The van der Waals surface area contributed by atoms with E-state index >= 15 is 0 Å². The molecule has 0 radical (unpaired) electrons. The maximum absolute atomic E-state index is 13.3. The van der Waals surface area contributed by atoms with E-state index in [2.05, 4.69) is 32.4 Å². The first kappa shape index (κ1) is 18.2. The van der Waals surface area contributed by atoms with Gasteiger partial charge in [-0.1, -0.05) is 0 Å². The van der Waals surface area contributed by atoms with Gasteiger partial charge in [0.1, 0.15) is 0 Å². The smallest absolute Gasteiger partial charge is 0.254 e. The minimum absolute atomic E-state index is 0.0796. The van der Waals surface area contributed by atoms with Crippen LogP contribution in [-0.4, -0.2) is 35.8 Å². The standard InChI is InChI=1S/C21H25N3O2S/c1-15(25)23-18-4-2-17(3-5-18)20(26)24(13-16-6-11-27-14-16)19-12-21(19)7-9-22-10-8-21/h2-6,11,14,19,22H,7-10,12-13H2,1H3,(H,23,25). The Hall–Kier alpha value is -2.18. The monoisotopic (exact) mass is 383 g/mol. The number of benzene rings is 1. The van der Waals surface area contributed by atoms with Gasteiger partial charge >= 0.3 is 0 Å². The zero-order chi connectivity index (χ0) is 18.9. The highest BCUT2D eigenvalue weighted by Crippen LogP contribution is 2.56. The van der Waals surface area contributed by atoms with Crippen LogP contribution in [0.2, 0.25) is 0 Å². The Labute approximate surface area is 163 Å². The molecule has 1 saturated heterocycles. The van der Waals surface area contributed by atoms with Crippen molar-refractivity contribution < 1.29 is 9.59 Å². The molecule has 2 N–H and O–H groups in total. The van der Waals surface area contributed by atoms with Gasteiger partial charge in [0, 0.05) is 30.8 Å². The molecule has 1 aliphatic carbocycles. The molecule has 1 aromatic heterocycles. The third-order valence-corrected chi connectivity index (χ3v) is 6.50. The van der Waals surface area contributed by atoms with Crippen molar-refractivity contribution in [2.75, 3.05) is 18.4 Å². The summed E-state index contributed by atoms with van der Waals surface area (Å²) >= 11 is 1.67. The maximum Gasteiger partial charge on any atom is 0.254 e. The van der Waals surface area contributed by atoms with Crippen molar-refractivity contribution >= 4 is 28.8 Å². The molecule has 1 atom stereocenters. The van der Waals surface area contributed by atoms with Crippen molar-refractivity contribution in [1.82, 2.24) is 10.2 Å². The van der Waals surface area contributed by atoms with E-state index in [-0.39, 0.29) is 11.8 Å². The molecule has 1 saturated carbocycles. The average Bonchev–Trinajstić information content (AvgIpc) is 3.09. The molecule has 142 valence electrons. The molecule has 1 aliphatic heterocycles. The highest BCUT2D eigenvalue weighted by molar-refractivity contribution is 7.07. The first-order valence-electron chi connectivity index (χ1n) is 9.48. The summed E-state index contributed by atoms with van der Waals surface area (Å²) in [7, 11) is 0. The number of thiophene rings is 1. The van der Waals surface area contributed by atoms with Gasteiger partial charge in [-0.05, 0) is 84.4 Å². The lowest BCUT2D eigenvalue weighted by Crippen LogP contribution is -2.39. The van der Waals surface area contributed by atoms with Crippen LogP contribution >= 0.6 is 11.3 Å². The van der Waals surface area contributed by atoms with Crippen molar-refractivity contribution in [3.05, 3.63) is 52.2 Å². The molecule has 6 heteroatoms. The van der Waals surface area contributed by atoms with E-state index in [9.17, 15) is 9.59 Å². The van der Waals surface area contributed by atoms with Crippen molar-refractivity contribution in [3.63, 3.8) is 0 Å². The number of anilines is 1. The second kappa shape index (κ2) is 7.44. The van der Waals surface area contributed by atoms with Gasteiger partial charge in [0.25, 0.3) is 5.91 Å². The fourth-order valence-corrected chi connectivity index (χ4v) is 4.86. The van der Waals surface area contributed by atoms with Crippen molar-refractivity contribution in [1.29, 1.82) is 0 Å². The molecule has 2 aromatic rings. The number of piperidine rings is 1. The molecule has 2 fully saturated rings. The highest BCUT2D eigenvalue weighted by Gasteiger charge is 2.57. The quantitative estimate of drug-likeness (QED) is 0.831. The topological polar surface area (TPSA) is 61.4 Å². The summed E-state index contributed by atoms with van der Waals surface area (Å²) < 4.78 is 0. The SMILES string of the molecule is CC(=O)Nc1ccc(C(=O)N(Cc2ccsc2)C2CC23CCNCC3)cc1. The third-order valence-electron chi connectivity index (χ3n) is 5.77. The Bertz CT molecular complexity index is 810. The van der Waals surface area contributed by atoms with Crippen LogP contribution in [0.15, 0.2) is 41.1 Å². The Morgan fingerprint density at radius 3 is 2.59 bits per heavy atom. The summed E-state index contributed by atoms with van der Waals surface area (Å²) in [4.78, 5) is 26.6. The molecule has 5 nitrogen and oxygen atoms in total. The summed E-state index contributed by atoms with van der Waals surface area (Å²) in [6.07, 6.45) is 3.40. The summed E-state index contributed by atoms with van der Waals surface area (Å²) in [5, 5.41) is 10.4.